The quantitative estimate of drug-likeness (QED) is 0.136. The van der Waals surface area contributed by atoms with Crippen LogP contribution in [0.15, 0.2) is 84.9 Å². The molecule has 0 spiro atoms. The van der Waals surface area contributed by atoms with Gasteiger partial charge >= 0.3 is 24.3 Å². The van der Waals surface area contributed by atoms with Crippen LogP contribution in [0.1, 0.15) is 54.1 Å². The fourth-order valence-electron chi connectivity index (χ4n) is 5.10. The van der Waals surface area contributed by atoms with Crippen molar-refractivity contribution in [3.05, 3.63) is 129 Å². The number of aromatic nitrogens is 8. The van der Waals surface area contributed by atoms with Gasteiger partial charge in [-0.15, -0.1) is 20.4 Å². The molecule has 4 aromatic carbocycles. The highest BCUT2D eigenvalue weighted by atomic mass is 19.4. The van der Waals surface area contributed by atoms with Gasteiger partial charge in [-0.2, -0.15) is 35.9 Å². The number of esters is 1. The van der Waals surface area contributed by atoms with Crippen molar-refractivity contribution in [1.82, 2.24) is 40.4 Å². The number of nitrogens with zero attached hydrogens (tertiary/aromatic N) is 8. The van der Waals surface area contributed by atoms with Crippen molar-refractivity contribution in [2.24, 2.45) is 14.1 Å². The number of carboxylic acid groups (broad SMARTS) is 1. The number of hydrogen-bond donors (Lipinski definition) is 1. The third kappa shape index (κ3) is 9.46. The number of tetrazole rings is 2. The summed E-state index contributed by atoms with van der Waals surface area (Å²) in [5, 5.41) is 32.8. The first kappa shape index (κ1) is 37.8. The number of aryl methyl sites for hydroxylation is 2. The maximum atomic E-state index is 12.7. The molecular formula is C35H28F6N8O4. The van der Waals surface area contributed by atoms with E-state index in [2.05, 4.69) is 30.8 Å². The number of methoxy groups -OCH3 is 1. The molecule has 0 aliphatic rings. The Morgan fingerprint density at radius 1 is 0.642 bits per heavy atom. The van der Waals surface area contributed by atoms with Gasteiger partial charge in [-0.05, 0) is 94.1 Å². The van der Waals surface area contributed by atoms with Crippen molar-refractivity contribution in [2.75, 3.05) is 7.11 Å². The third-order valence-corrected chi connectivity index (χ3v) is 7.74. The summed E-state index contributed by atoms with van der Waals surface area (Å²) >= 11 is 0. The van der Waals surface area contributed by atoms with E-state index in [0.717, 1.165) is 29.8 Å². The topological polar surface area (TPSA) is 151 Å². The van der Waals surface area contributed by atoms with E-state index in [4.69, 9.17) is 4.74 Å². The molecular weight excluding hydrogens is 710 g/mol. The number of alkyl halides is 6. The summed E-state index contributed by atoms with van der Waals surface area (Å²) in [5.41, 5.74) is 2.73. The number of carbonyl (C=O) groups is 2. The first-order valence-electron chi connectivity index (χ1n) is 15.4. The Bertz CT molecular complexity index is 2230. The van der Waals surface area contributed by atoms with Crippen molar-refractivity contribution in [3.8, 4) is 22.8 Å². The maximum Gasteiger partial charge on any atom is 0.416 e. The van der Waals surface area contributed by atoms with E-state index in [0.29, 0.717) is 52.0 Å². The molecule has 0 aliphatic carbocycles. The number of benzene rings is 4. The van der Waals surface area contributed by atoms with Gasteiger partial charge in [-0.3, -0.25) is 0 Å². The molecule has 0 bridgehead atoms. The minimum absolute atomic E-state index is 0.0589. The SMILES string of the molecule is COC(=O)c1ccc(Cc2ccc(C(F)(F)F)cc2)c(-c2nnn(C)n2)c1.Cn1nnc(-c2cc(C(=O)O)ccc2Cc2ccc(C(F)(F)F)cc2)n1. The van der Waals surface area contributed by atoms with Crippen LogP contribution in [-0.2, 0) is 44.0 Å². The van der Waals surface area contributed by atoms with E-state index in [-0.39, 0.29) is 11.4 Å². The lowest BCUT2D eigenvalue weighted by molar-refractivity contribution is -0.138. The number of halogens is 6. The van der Waals surface area contributed by atoms with Crippen molar-refractivity contribution in [2.45, 2.75) is 25.2 Å². The lowest BCUT2D eigenvalue weighted by Gasteiger charge is -2.11. The van der Waals surface area contributed by atoms with Gasteiger partial charge in [0, 0.05) is 11.1 Å². The van der Waals surface area contributed by atoms with Gasteiger partial charge in [0.1, 0.15) is 0 Å². The Morgan fingerprint density at radius 3 is 1.38 bits per heavy atom. The van der Waals surface area contributed by atoms with Crippen molar-refractivity contribution >= 4 is 11.9 Å². The van der Waals surface area contributed by atoms with Gasteiger partial charge in [0.2, 0.25) is 11.6 Å². The molecule has 0 aliphatic heterocycles. The van der Waals surface area contributed by atoms with Crippen LogP contribution in [0.25, 0.3) is 22.8 Å². The molecule has 2 aromatic heterocycles. The van der Waals surface area contributed by atoms with Gasteiger partial charge in [-0.25, -0.2) is 9.59 Å². The lowest BCUT2D eigenvalue weighted by atomic mass is 9.96. The van der Waals surface area contributed by atoms with Crippen LogP contribution in [0.3, 0.4) is 0 Å². The number of rotatable bonds is 8. The highest BCUT2D eigenvalue weighted by Crippen LogP contribution is 2.32. The second-order valence-corrected chi connectivity index (χ2v) is 11.5. The Labute approximate surface area is 296 Å². The Balaban J connectivity index is 0.000000204. The molecule has 12 nitrogen and oxygen atoms in total. The van der Waals surface area contributed by atoms with E-state index >= 15 is 0 Å². The fraction of sp³-hybridized carbons (Fsp3) is 0.200. The first-order valence-corrected chi connectivity index (χ1v) is 15.4. The van der Waals surface area contributed by atoms with Crippen molar-refractivity contribution < 1.29 is 45.8 Å². The summed E-state index contributed by atoms with van der Waals surface area (Å²) < 4.78 is 80.9. The van der Waals surface area contributed by atoms with Gasteiger partial charge in [0.15, 0.2) is 0 Å². The zero-order valence-corrected chi connectivity index (χ0v) is 28.0. The van der Waals surface area contributed by atoms with Crippen LogP contribution in [0.2, 0.25) is 0 Å². The second kappa shape index (κ2) is 15.4. The number of carbonyl (C=O) groups excluding carboxylic acids is 1. The number of carboxylic acids is 1. The Kier molecular flexibility index (Phi) is 11.0. The Morgan fingerprint density at radius 2 is 1.04 bits per heavy atom. The summed E-state index contributed by atoms with van der Waals surface area (Å²) in [6.45, 7) is 0. The summed E-state index contributed by atoms with van der Waals surface area (Å²) in [7, 11) is 4.46. The second-order valence-electron chi connectivity index (χ2n) is 11.5. The average Bonchev–Trinajstić information content (AvgIpc) is 3.76. The lowest BCUT2D eigenvalue weighted by Crippen LogP contribution is -2.05. The minimum atomic E-state index is -4.39. The molecule has 0 amide bonds. The van der Waals surface area contributed by atoms with Gasteiger partial charge < -0.3 is 9.84 Å². The number of aromatic carboxylic acids is 1. The molecule has 6 rings (SSSR count). The average molecular weight is 739 g/mol. The number of hydrogen-bond acceptors (Lipinski definition) is 9. The van der Waals surface area contributed by atoms with Gasteiger partial charge in [0.05, 0.1) is 43.5 Å². The summed E-state index contributed by atoms with van der Waals surface area (Å²) in [6, 6.07) is 19.1. The predicted molar refractivity (Wildman–Crippen MR) is 175 cm³/mol. The first-order chi connectivity index (χ1) is 25.0. The Hall–Kier alpha value is -6.46. The summed E-state index contributed by atoms with van der Waals surface area (Å²) in [4.78, 5) is 25.6. The molecule has 0 atom stereocenters. The van der Waals surface area contributed by atoms with Gasteiger partial charge in [0.25, 0.3) is 0 Å². The molecule has 0 radical (unpaired) electrons. The molecule has 2 heterocycles. The molecule has 6 aromatic rings. The smallest absolute Gasteiger partial charge is 0.416 e. The van der Waals surface area contributed by atoms with Crippen LogP contribution < -0.4 is 0 Å². The molecule has 0 unspecified atom stereocenters. The van der Waals surface area contributed by atoms with E-state index in [9.17, 15) is 41.0 Å². The third-order valence-electron chi connectivity index (χ3n) is 7.74. The van der Waals surface area contributed by atoms with Crippen LogP contribution in [0.5, 0.6) is 0 Å². The zero-order chi connectivity index (χ0) is 38.5. The highest BCUT2D eigenvalue weighted by molar-refractivity contribution is 5.91. The van der Waals surface area contributed by atoms with E-state index in [1.54, 1.807) is 38.4 Å². The van der Waals surface area contributed by atoms with E-state index in [1.807, 2.05) is 0 Å². The monoisotopic (exact) mass is 738 g/mol. The highest BCUT2D eigenvalue weighted by Gasteiger charge is 2.31. The van der Waals surface area contributed by atoms with Crippen molar-refractivity contribution in [3.63, 3.8) is 0 Å². The fourth-order valence-corrected chi connectivity index (χ4v) is 5.10. The van der Waals surface area contributed by atoms with Crippen LogP contribution in [0.4, 0.5) is 26.3 Å². The molecule has 274 valence electrons. The molecule has 53 heavy (non-hydrogen) atoms. The summed E-state index contributed by atoms with van der Waals surface area (Å²) in [5.74, 6) is -1.06. The zero-order valence-electron chi connectivity index (χ0n) is 28.0. The maximum absolute atomic E-state index is 12.7. The minimum Gasteiger partial charge on any atom is -0.478 e. The molecule has 0 saturated carbocycles. The van der Waals surface area contributed by atoms with E-state index in [1.165, 1.54) is 53.1 Å². The van der Waals surface area contributed by atoms with Crippen LogP contribution in [0, 0.1) is 0 Å². The molecule has 0 fully saturated rings. The molecule has 1 N–H and O–H groups in total. The van der Waals surface area contributed by atoms with Gasteiger partial charge in [-0.1, -0.05) is 36.4 Å². The van der Waals surface area contributed by atoms with Crippen LogP contribution in [-0.4, -0.2) is 64.6 Å². The van der Waals surface area contributed by atoms with E-state index < -0.39 is 35.4 Å². The summed E-state index contributed by atoms with van der Waals surface area (Å²) in [6.07, 6.45) is -8.13. The predicted octanol–water partition coefficient (Wildman–Crippen LogP) is 6.46. The molecule has 18 heteroatoms. The van der Waals surface area contributed by atoms with Crippen LogP contribution >= 0.6 is 0 Å². The van der Waals surface area contributed by atoms with Crippen molar-refractivity contribution in [1.29, 1.82) is 0 Å². The normalized spacial score (nSPS) is 11.5. The molecule has 0 saturated heterocycles. The largest absolute Gasteiger partial charge is 0.478 e. The standard InChI is InChI=1S/C18H15F3N4O2.C17H13F3N4O2/c1-25-23-16(22-24-25)15-10-13(17(26)27-2)6-5-12(15)9-11-3-7-14(8-4-11)18(19,20)21;1-24-22-15(21-23-24)14-9-12(16(25)26)5-4-11(14)8-10-2-6-13(7-3-10)17(18,19)20/h3-8,10H,9H2,1-2H3;2-7,9H,8H2,1H3,(H,25,26). The number of ether oxygens (including phenoxy) is 1.